The van der Waals surface area contributed by atoms with E-state index in [1.54, 1.807) is 18.5 Å². The monoisotopic (exact) mass is 146 g/mol. The Morgan fingerprint density at radius 3 is 2.90 bits per heavy atom. The molecule has 1 aromatic rings. The largest absolute Gasteiger partial charge is 1.00 e. The molecule has 0 aromatic carbocycles. The number of nitrogens with zero attached hydrogens (tertiary/aromatic N) is 2. The van der Waals surface area contributed by atoms with Gasteiger partial charge in [0.2, 0.25) is 6.23 Å². The van der Waals surface area contributed by atoms with Crippen LogP contribution >= 0.6 is 0 Å². The van der Waals surface area contributed by atoms with Crippen LogP contribution in [0.2, 0.25) is 0 Å². The average molecular weight is 146 g/mol. The summed E-state index contributed by atoms with van der Waals surface area (Å²) in [5.74, 6) is 2.12. The Labute approximate surface area is 82.8 Å². The molecule has 1 unspecified atom stereocenters. The maximum absolute atomic E-state index is 8.88. The zero-order chi connectivity index (χ0) is 6.69. The van der Waals surface area contributed by atoms with Gasteiger partial charge in [0.1, 0.15) is 0 Å². The predicted octanol–water partition coefficient (Wildman–Crippen LogP) is -2.88. The minimum atomic E-state index is -0.931. The van der Waals surface area contributed by atoms with Crippen LogP contribution in [0.15, 0.2) is 18.5 Å². The maximum Gasteiger partial charge on any atom is 1.00 e. The second-order valence-electron chi connectivity index (χ2n) is 1.53. The van der Waals surface area contributed by atoms with Gasteiger partial charge in [0.15, 0.2) is 0 Å². The molecule has 0 aliphatic heterocycles. The van der Waals surface area contributed by atoms with E-state index in [4.69, 9.17) is 11.5 Å². The zero-order valence-electron chi connectivity index (χ0n) is 6.73. The van der Waals surface area contributed by atoms with E-state index in [0.717, 1.165) is 0 Å². The second kappa shape index (κ2) is 4.53. The Hall–Kier alpha value is -0.270. The van der Waals surface area contributed by atoms with Gasteiger partial charge in [-0.15, -0.1) is 6.42 Å². The van der Waals surface area contributed by atoms with Crippen molar-refractivity contribution >= 4 is 0 Å². The van der Waals surface area contributed by atoms with E-state index in [-0.39, 0.29) is 31.0 Å². The molecule has 3 nitrogen and oxygen atoms in total. The summed E-state index contributed by atoms with van der Waals surface area (Å²) in [4.78, 5) is 0. The molecule has 1 N–H and O–H groups in total. The van der Waals surface area contributed by atoms with Crippen molar-refractivity contribution in [3.05, 3.63) is 18.5 Å². The Bertz CT molecular complexity index is 219. The second-order valence-corrected chi connectivity index (χ2v) is 1.53. The molecule has 0 aliphatic carbocycles. The minimum Gasteiger partial charge on any atom is -1.00 e. The van der Waals surface area contributed by atoms with Crippen LogP contribution in [-0.4, -0.2) is 14.9 Å². The van der Waals surface area contributed by atoms with Gasteiger partial charge in [0, 0.05) is 12.4 Å². The van der Waals surface area contributed by atoms with Crippen LogP contribution < -0.4 is 29.6 Å². The average Bonchev–Trinajstić information content (AvgIpc) is 2.37. The van der Waals surface area contributed by atoms with Gasteiger partial charge in [0.25, 0.3) is 0 Å². The first-order valence-corrected chi connectivity index (χ1v) is 2.48. The van der Waals surface area contributed by atoms with Gasteiger partial charge in [-0.25, -0.2) is 4.68 Å². The number of hydrogen-bond acceptors (Lipinski definition) is 2. The van der Waals surface area contributed by atoms with Gasteiger partial charge in [-0.1, -0.05) is 5.92 Å². The molecule has 1 heterocycles. The number of aromatic nitrogens is 2. The van der Waals surface area contributed by atoms with E-state index in [1.807, 2.05) is 0 Å². The molecule has 4 heteroatoms. The molecule has 1 atom stereocenters. The number of rotatable bonds is 1. The molecule has 1 rings (SSSR count). The number of terminal acetylenes is 1. The Kier molecular flexibility index (Phi) is 4.41. The molecule has 0 saturated carbocycles. The van der Waals surface area contributed by atoms with Gasteiger partial charge in [-0.05, 0) is 6.07 Å². The number of aliphatic hydroxyl groups is 1. The number of aliphatic hydroxyl groups excluding tert-OH is 1. The standard InChI is InChI=1S/C6H6N2O.Na.H/c1-2-6(9)8-5-3-4-7-8;;/h1,3-6,9H;;/q;+1;-1. The van der Waals surface area contributed by atoms with E-state index in [1.165, 1.54) is 4.68 Å². The topological polar surface area (TPSA) is 38.0 Å². The van der Waals surface area contributed by atoms with Crippen molar-refractivity contribution in [3.63, 3.8) is 0 Å². The summed E-state index contributed by atoms with van der Waals surface area (Å²) >= 11 is 0. The molecule has 0 spiro atoms. The van der Waals surface area contributed by atoms with E-state index in [0.29, 0.717) is 0 Å². The Morgan fingerprint density at radius 1 is 1.80 bits per heavy atom. The molecule has 48 valence electrons. The van der Waals surface area contributed by atoms with Crippen molar-refractivity contribution in [1.82, 2.24) is 9.78 Å². The summed E-state index contributed by atoms with van der Waals surface area (Å²) in [5, 5.41) is 12.6. The van der Waals surface area contributed by atoms with E-state index in [2.05, 4.69) is 11.0 Å². The molecule has 0 aliphatic rings. The third kappa shape index (κ3) is 2.16. The van der Waals surface area contributed by atoms with Gasteiger partial charge < -0.3 is 6.53 Å². The molecule has 0 saturated heterocycles. The van der Waals surface area contributed by atoms with Crippen LogP contribution in [-0.2, 0) is 0 Å². The van der Waals surface area contributed by atoms with Gasteiger partial charge in [-0.2, -0.15) is 5.10 Å². The molecule has 0 bridgehead atoms. The summed E-state index contributed by atoms with van der Waals surface area (Å²) < 4.78 is 1.29. The molecular formula is C6H7N2NaO. The van der Waals surface area contributed by atoms with Crippen molar-refractivity contribution in [2.75, 3.05) is 0 Å². The van der Waals surface area contributed by atoms with Gasteiger partial charge >= 0.3 is 29.6 Å². The van der Waals surface area contributed by atoms with Crippen molar-refractivity contribution in [2.45, 2.75) is 6.23 Å². The molecule has 0 fully saturated rings. The van der Waals surface area contributed by atoms with Crippen molar-refractivity contribution in [2.24, 2.45) is 0 Å². The van der Waals surface area contributed by atoms with Crippen LogP contribution in [0.5, 0.6) is 0 Å². The Morgan fingerprint density at radius 2 is 2.50 bits per heavy atom. The first-order chi connectivity index (χ1) is 4.34. The van der Waals surface area contributed by atoms with E-state index >= 15 is 0 Å². The minimum absolute atomic E-state index is 0. The SMILES string of the molecule is C#CC(O)n1cccn1.[H-].[Na+]. The van der Waals surface area contributed by atoms with Crippen LogP contribution in [0.25, 0.3) is 0 Å². The number of hydrogen-bond donors (Lipinski definition) is 1. The normalized spacial score (nSPS) is 11.2. The maximum atomic E-state index is 8.88. The summed E-state index contributed by atoms with van der Waals surface area (Å²) in [6.07, 6.45) is 7.13. The fraction of sp³-hybridized carbons (Fsp3) is 0.167. The Balaban J connectivity index is 0. The molecule has 0 radical (unpaired) electrons. The van der Waals surface area contributed by atoms with E-state index < -0.39 is 6.23 Å². The third-order valence-corrected chi connectivity index (χ3v) is 0.925. The van der Waals surface area contributed by atoms with Gasteiger partial charge in [-0.3, -0.25) is 0 Å². The van der Waals surface area contributed by atoms with Crippen LogP contribution in [0.4, 0.5) is 0 Å². The van der Waals surface area contributed by atoms with Crippen LogP contribution in [0.1, 0.15) is 7.65 Å². The fourth-order valence-electron chi connectivity index (χ4n) is 0.502. The predicted molar refractivity (Wildman–Crippen MR) is 33.4 cm³/mol. The fourth-order valence-corrected chi connectivity index (χ4v) is 0.502. The molecule has 10 heavy (non-hydrogen) atoms. The summed E-state index contributed by atoms with van der Waals surface area (Å²) in [5.41, 5.74) is 0. The first-order valence-electron chi connectivity index (χ1n) is 2.48. The zero-order valence-corrected chi connectivity index (χ0v) is 7.73. The summed E-state index contributed by atoms with van der Waals surface area (Å²) in [6, 6.07) is 1.70. The molecule has 1 aromatic heterocycles. The van der Waals surface area contributed by atoms with Crippen LogP contribution in [0.3, 0.4) is 0 Å². The van der Waals surface area contributed by atoms with Gasteiger partial charge in [0.05, 0.1) is 0 Å². The van der Waals surface area contributed by atoms with Crippen molar-refractivity contribution in [1.29, 1.82) is 0 Å². The van der Waals surface area contributed by atoms with Crippen LogP contribution in [0, 0.1) is 12.3 Å². The first kappa shape index (κ1) is 9.73. The molecular weight excluding hydrogens is 139 g/mol. The smallest absolute Gasteiger partial charge is 1.00 e. The third-order valence-electron chi connectivity index (χ3n) is 0.925. The van der Waals surface area contributed by atoms with Crippen molar-refractivity contribution < 1.29 is 36.1 Å². The molecule has 0 amide bonds. The van der Waals surface area contributed by atoms with E-state index in [9.17, 15) is 0 Å². The van der Waals surface area contributed by atoms with Crippen molar-refractivity contribution in [3.8, 4) is 12.3 Å². The summed E-state index contributed by atoms with van der Waals surface area (Å²) in [6.45, 7) is 0. The summed E-state index contributed by atoms with van der Waals surface area (Å²) in [7, 11) is 0. The quantitative estimate of drug-likeness (QED) is 0.341.